The Labute approximate surface area is 132 Å². The van der Waals surface area contributed by atoms with Crippen LogP contribution < -0.4 is 5.32 Å². The minimum absolute atomic E-state index is 0.0634. The Morgan fingerprint density at radius 3 is 2.55 bits per heavy atom. The third-order valence-electron chi connectivity index (χ3n) is 2.70. The van der Waals surface area contributed by atoms with Gasteiger partial charge < -0.3 is 5.32 Å². The fourth-order valence-corrected chi connectivity index (χ4v) is 2.90. The number of thioether (sulfide) groups is 1. The largest absolute Gasteiger partial charge is 0.322 e. The molecule has 104 valence electrons. The van der Waals surface area contributed by atoms with Gasteiger partial charge in [-0.15, -0.1) is 11.8 Å². The van der Waals surface area contributed by atoms with Crippen molar-refractivity contribution in [3.63, 3.8) is 0 Å². The van der Waals surface area contributed by atoms with Crippen molar-refractivity contribution < 1.29 is 4.79 Å². The van der Waals surface area contributed by atoms with Crippen molar-refractivity contribution in [2.45, 2.75) is 18.2 Å². The van der Waals surface area contributed by atoms with Crippen LogP contribution in [-0.2, 0) is 0 Å². The summed E-state index contributed by atoms with van der Waals surface area (Å²) in [6.45, 7) is 2.14. The molecule has 0 aliphatic carbocycles. The monoisotopic (exact) mass is 349 g/mol. The van der Waals surface area contributed by atoms with Crippen LogP contribution in [0, 0.1) is 0 Å². The number of hydrogen-bond donors (Lipinski definition) is 1. The van der Waals surface area contributed by atoms with E-state index in [1.54, 1.807) is 11.8 Å². The van der Waals surface area contributed by atoms with Crippen molar-refractivity contribution in [2.24, 2.45) is 0 Å². The van der Waals surface area contributed by atoms with Crippen molar-refractivity contribution in [1.29, 1.82) is 0 Å². The van der Waals surface area contributed by atoms with E-state index in [0.29, 0.717) is 0 Å². The first-order chi connectivity index (χ1) is 9.70. The maximum Gasteiger partial charge on any atom is 0.256 e. The molecular weight excluding hydrogens is 334 g/mol. The predicted octanol–water partition coefficient (Wildman–Crippen LogP) is 5.20. The summed E-state index contributed by atoms with van der Waals surface area (Å²) in [7, 11) is 0. The third-order valence-corrected chi connectivity index (χ3v) is 4.50. The van der Waals surface area contributed by atoms with Crippen LogP contribution in [0.2, 0.25) is 0 Å². The van der Waals surface area contributed by atoms with E-state index in [-0.39, 0.29) is 5.91 Å². The van der Waals surface area contributed by atoms with Gasteiger partial charge in [0.15, 0.2) is 0 Å². The SMILES string of the molecule is CCCSc1ccccc1C(=O)Nc1ccc(Br)cc1. The van der Waals surface area contributed by atoms with Gasteiger partial charge in [-0.1, -0.05) is 35.0 Å². The molecule has 2 aromatic rings. The van der Waals surface area contributed by atoms with Crippen LogP contribution in [0.25, 0.3) is 0 Å². The molecule has 20 heavy (non-hydrogen) atoms. The first-order valence-corrected chi connectivity index (χ1v) is 8.27. The number of carbonyl (C=O) groups excluding carboxylic acids is 1. The highest BCUT2D eigenvalue weighted by Gasteiger charge is 2.11. The third kappa shape index (κ3) is 4.12. The lowest BCUT2D eigenvalue weighted by atomic mass is 10.2. The van der Waals surface area contributed by atoms with E-state index < -0.39 is 0 Å². The average molecular weight is 350 g/mol. The van der Waals surface area contributed by atoms with Gasteiger partial charge in [0, 0.05) is 15.1 Å². The van der Waals surface area contributed by atoms with E-state index in [1.807, 2.05) is 48.5 Å². The highest BCUT2D eigenvalue weighted by atomic mass is 79.9. The second kappa shape index (κ2) is 7.50. The number of hydrogen-bond acceptors (Lipinski definition) is 2. The zero-order chi connectivity index (χ0) is 14.4. The summed E-state index contributed by atoms with van der Waals surface area (Å²) >= 11 is 5.10. The Hall–Kier alpha value is -1.26. The Bertz CT molecular complexity index is 583. The Balaban J connectivity index is 2.14. The molecule has 0 saturated heterocycles. The van der Waals surface area contributed by atoms with Crippen molar-refractivity contribution in [3.8, 4) is 0 Å². The Kier molecular flexibility index (Phi) is 5.68. The highest BCUT2D eigenvalue weighted by Crippen LogP contribution is 2.24. The lowest BCUT2D eigenvalue weighted by molar-refractivity contribution is 0.102. The molecule has 0 aliphatic rings. The van der Waals surface area contributed by atoms with Gasteiger partial charge in [-0.2, -0.15) is 0 Å². The van der Waals surface area contributed by atoms with Crippen LogP contribution in [-0.4, -0.2) is 11.7 Å². The summed E-state index contributed by atoms with van der Waals surface area (Å²) in [5.41, 5.74) is 1.53. The van der Waals surface area contributed by atoms with Gasteiger partial charge in [-0.3, -0.25) is 4.79 Å². The van der Waals surface area contributed by atoms with Gasteiger partial charge in [0.2, 0.25) is 0 Å². The summed E-state index contributed by atoms with van der Waals surface area (Å²) in [4.78, 5) is 13.4. The normalized spacial score (nSPS) is 10.3. The van der Waals surface area contributed by atoms with Gasteiger partial charge >= 0.3 is 0 Å². The lowest BCUT2D eigenvalue weighted by Crippen LogP contribution is -2.12. The molecule has 1 amide bonds. The Morgan fingerprint density at radius 2 is 1.85 bits per heavy atom. The molecule has 0 aliphatic heterocycles. The molecule has 1 N–H and O–H groups in total. The summed E-state index contributed by atoms with van der Waals surface area (Å²) in [6.07, 6.45) is 1.09. The fourth-order valence-electron chi connectivity index (χ4n) is 1.72. The number of carbonyl (C=O) groups is 1. The minimum Gasteiger partial charge on any atom is -0.322 e. The van der Waals surface area contributed by atoms with E-state index in [2.05, 4.69) is 28.2 Å². The second-order valence-electron chi connectivity index (χ2n) is 4.31. The minimum atomic E-state index is -0.0634. The molecule has 0 bridgehead atoms. The number of anilines is 1. The molecule has 0 heterocycles. The van der Waals surface area contributed by atoms with E-state index in [0.717, 1.165) is 32.8 Å². The number of halogens is 1. The van der Waals surface area contributed by atoms with Gasteiger partial charge in [-0.05, 0) is 48.6 Å². The average Bonchev–Trinajstić information content (AvgIpc) is 2.47. The summed E-state index contributed by atoms with van der Waals surface area (Å²) < 4.78 is 0.995. The first kappa shape index (κ1) is 15.1. The highest BCUT2D eigenvalue weighted by molar-refractivity contribution is 9.10. The van der Waals surface area contributed by atoms with Crippen LogP contribution in [0.1, 0.15) is 23.7 Å². The number of amides is 1. The van der Waals surface area contributed by atoms with E-state index >= 15 is 0 Å². The van der Waals surface area contributed by atoms with E-state index in [9.17, 15) is 4.79 Å². The van der Waals surface area contributed by atoms with Crippen LogP contribution in [0.5, 0.6) is 0 Å². The zero-order valence-electron chi connectivity index (χ0n) is 11.2. The number of rotatable bonds is 5. The van der Waals surface area contributed by atoms with Crippen molar-refractivity contribution in [3.05, 3.63) is 58.6 Å². The van der Waals surface area contributed by atoms with Gasteiger partial charge in [0.1, 0.15) is 0 Å². The molecule has 0 aromatic heterocycles. The molecule has 4 heteroatoms. The standard InChI is InChI=1S/C16H16BrNOS/c1-2-11-20-15-6-4-3-5-14(15)16(19)18-13-9-7-12(17)8-10-13/h3-10H,2,11H2,1H3,(H,18,19). The van der Waals surface area contributed by atoms with E-state index in [1.165, 1.54) is 0 Å². The van der Waals surface area contributed by atoms with Gasteiger partial charge in [0.05, 0.1) is 5.56 Å². The first-order valence-electron chi connectivity index (χ1n) is 6.49. The number of nitrogens with one attached hydrogen (secondary N) is 1. The number of benzene rings is 2. The van der Waals surface area contributed by atoms with Crippen molar-refractivity contribution >= 4 is 39.3 Å². The Morgan fingerprint density at radius 1 is 1.15 bits per heavy atom. The van der Waals surface area contributed by atoms with Crippen molar-refractivity contribution in [2.75, 3.05) is 11.1 Å². The molecule has 2 aromatic carbocycles. The molecule has 0 atom stereocenters. The van der Waals surface area contributed by atoms with Crippen LogP contribution in [0.3, 0.4) is 0 Å². The molecule has 2 nitrogen and oxygen atoms in total. The van der Waals surface area contributed by atoms with Gasteiger partial charge in [0.25, 0.3) is 5.91 Å². The fraction of sp³-hybridized carbons (Fsp3) is 0.188. The summed E-state index contributed by atoms with van der Waals surface area (Å²) in [5, 5.41) is 2.93. The molecule has 0 radical (unpaired) electrons. The van der Waals surface area contributed by atoms with E-state index in [4.69, 9.17) is 0 Å². The molecule has 2 rings (SSSR count). The maximum atomic E-state index is 12.3. The van der Waals surface area contributed by atoms with Gasteiger partial charge in [-0.25, -0.2) is 0 Å². The quantitative estimate of drug-likeness (QED) is 0.751. The topological polar surface area (TPSA) is 29.1 Å². The van der Waals surface area contributed by atoms with Crippen LogP contribution in [0.15, 0.2) is 57.9 Å². The molecule has 0 unspecified atom stereocenters. The molecule has 0 fully saturated rings. The molecule has 0 spiro atoms. The van der Waals surface area contributed by atoms with Crippen molar-refractivity contribution in [1.82, 2.24) is 0 Å². The maximum absolute atomic E-state index is 12.3. The van der Waals surface area contributed by atoms with Crippen LogP contribution >= 0.6 is 27.7 Å². The molecular formula is C16H16BrNOS. The zero-order valence-corrected chi connectivity index (χ0v) is 13.6. The second-order valence-corrected chi connectivity index (χ2v) is 6.36. The summed E-state index contributed by atoms with van der Waals surface area (Å²) in [6, 6.07) is 15.3. The smallest absolute Gasteiger partial charge is 0.256 e. The van der Waals surface area contributed by atoms with Crippen LogP contribution in [0.4, 0.5) is 5.69 Å². The lowest BCUT2D eigenvalue weighted by Gasteiger charge is -2.09. The summed E-state index contributed by atoms with van der Waals surface area (Å²) in [5.74, 6) is 0.953. The molecule has 0 saturated carbocycles. The predicted molar refractivity (Wildman–Crippen MR) is 89.6 cm³/mol.